The standard InChI is InChI=1S/C14H14N2O4S/c1-16(7-9-4-5-21-8-9)14(20)15-10-2-3-11(13(18)19)12(17)6-10/h2-6,8,17H,7H2,1H3,(H,15,20)(H,18,19). The van der Waals surface area contributed by atoms with Crippen LogP contribution in [0.5, 0.6) is 5.75 Å². The monoisotopic (exact) mass is 306 g/mol. The van der Waals surface area contributed by atoms with Gasteiger partial charge in [0, 0.05) is 25.3 Å². The van der Waals surface area contributed by atoms with E-state index in [4.69, 9.17) is 5.11 Å². The molecule has 21 heavy (non-hydrogen) atoms. The van der Waals surface area contributed by atoms with Crippen LogP contribution in [0.15, 0.2) is 35.0 Å². The Morgan fingerprint density at radius 1 is 1.33 bits per heavy atom. The van der Waals surface area contributed by atoms with E-state index in [1.165, 1.54) is 23.1 Å². The Balaban J connectivity index is 2.02. The van der Waals surface area contributed by atoms with Crippen LogP contribution in [0.2, 0.25) is 0 Å². The lowest BCUT2D eigenvalue weighted by Crippen LogP contribution is -2.30. The summed E-state index contributed by atoms with van der Waals surface area (Å²) in [4.78, 5) is 24.3. The highest BCUT2D eigenvalue weighted by Crippen LogP contribution is 2.22. The molecular weight excluding hydrogens is 292 g/mol. The van der Waals surface area contributed by atoms with Gasteiger partial charge in [0.15, 0.2) is 0 Å². The third-order valence-electron chi connectivity index (χ3n) is 2.83. The number of hydrogen-bond acceptors (Lipinski definition) is 4. The van der Waals surface area contributed by atoms with E-state index in [1.54, 1.807) is 18.4 Å². The zero-order valence-corrected chi connectivity index (χ0v) is 12.1. The highest BCUT2D eigenvalue weighted by atomic mass is 32.1. The number of anilines is 1. The fourth-order valence-corrected chi connectivity index (χ4v) is 2.40. The van der Waals surface area contributed by atoms with Gasteiger partial charge in [0.2, 0.25) is 0 Å². The summed E-state index contributed by atoms with van der Waals surface area (Å²) in [6.07, 6.45) is 0. The summed E-state index contributed by atoms with van der Waals surface area (Å²) in [7, 11) is 1.65. The number of phenols is 1. The summed E-state index contributed by atoms with van der Waals surface area (Å²) in [5.74, 6) is -1.61. The highest BCUT2D eigenvalue weighted by Gasteiger charge is 2.13. The molecule has 2 aromatic rings. The van der Waals surface area contributed by atoms with Crippen LogP contribution < -0.4 is 5.32 Å². The van der Waals surface area contributed by atoms with Crippen molar-refractivity contribution in [2.75, 3.05) is 12.4 Å². The maximum atomic E-state index is 12.0. The van der Waals surface area contributed by atoms with E-state index in [0.717, 1.165) is 5.56 Å². The van der Waals surface area contributed by atoms with E-state index in [1.807, 2.05) is 16.8 Å². The van der Waals surface area contributed by atoms with Crippen LogP contribution in [0.1, 0.15) is 15.9 Å². The molecule has 6 nitrogen and oxygen atoms in total. The molecule has 7 heteroatoms. The van der Waals surface area contributed by atoms with Gasteiger partial charge < -0.3 is 20.4 Å². The second kappa shape index (κ2) is 6.27. The Labute approximate surface area is 125 Å². The lowest BCUT2D eigenvalue weighted by molar-refractivity contribution is 0.0694. The first-order valence-corrected chi connectivity index (χ1v) is 7.01. The molecule has 3 N–H and O–H groups in total. The van der Waals surface area contributed by atoms with Gasteiger partial charge in [-0.25, -0.2) is 9.59 Å². The van der Waals surface area contributed by atoms with E-state index in [0.29, 0.717) is 12.2 Å². The number of rotatable bonds is 4. The van der Waals surface area contributed by atoms with Gasteiger partial charge in [-0.15, -0.1) is 0 Å². The predicted molar refractivity (Wildman–Crippen MR) is 79.9 cm³/mol. The topological polar surface area (TPSA) is 89.9 Å². The molecule has 110 valence electrons. The molecule has 0 saturated heterocycles. The first-order valence-electron chi connectivity index (χ1n) is 6.07. The molecule has 2 amide bonds. The van der Waals surface area contributed by atoms with Crippen LogP contribution in [0.4, 0.5) is 10.5 Å². The summed E-state index contributed by atoms with van der Waals surface area (Å²) in [6, 6.07) is 5.47. The van der Waals surface area contributed by atoms with Gasteiger partial charge in [-0.3, -0.25) is 0 Å². The van der Waals surface area contributed by atoms with Crippen molar-refractivity contribution >= 4 is 29.0 Å². The van der Waals surface area contributed by atoms with E-state index < -0.39 is 5.97 Å². The predicted octanol–water partition coefficient (Wildman–Crippen LogP) is 2.82. The summed E-state index contributed by atoms with van der Waals surface area (Å²) >= 11 is 1.56. The van der Waals surface area contributed by atoms with Gasteiger partial charge in [-0.1, -0.05) is 0 Å². The maximum absolute atomic E-state index is 12.0. The number of carboxylic acids is 1. The van der Waals surface area contributed by atoms with Gasteiger partial charge in [-0.05, 0) is 34.5 Å². The number of benzene rings is 1. The summed E-state index contributed by atoms with van der Waals surface area (Å²) in [5, 5.41) is 24.9. The minimum absolute atomic E-state index is 0.209. The Morgan fingerprint density at radius 2 is 2.10 bits per heavy atom. The molecule has 0 aliphatic carbocycles. The Hall–Kier alpha value is -2.54. The number of nitrogens with zero attached hydrogens (tertiary/aromatic N) is 1. The number of carbonyl (C=O) groups is 2. The average Bonchev–Trinajstić information content (AvgIpc) is 2.91. The summed E-state index contributed by atoms with van der Waals surface area (Å²) in [6.45, 7) is 0.467. The highest BCUT2D eigenvalue weighted by molar-refractivity contribution is 7.07. The summed E-state index contributed by atoms with van der Waals surface area (Å²) < 4.78 is 0. The van der Waals surface area contributed by atoms with Crippen molar-refractivity contribution in [2.45, 2.75) is 6.54 Å². The van der Waals surface area contributed by atoms with Crippen molar-refractivity contribution in [3.05, 3.63) is 46.2 Å². The van der Waals surface area contributed by atoms with E-state index in [-0.39, 0.29) is 17.3 Å². The first-order chi connectivity index (χ1) is 9.97. The smallest absolute Gasteiger partial charge is 0.339 e. The number of carboxylic acid groups (broad SMARTS) is 1. The van der Waals surface area contributed by atoms with Crippen LogP contribution >= 0.6 is 11.3 Å². The third-order valence-corrected chi connectivity index (χ3v) is 3.56. The minimum atomic E-state index is -1.22. The number of carbonyl (C=O) groups excluding carboxylic acids is 1. The molecule has 0 bridgehead atoms. The van der Waals surface area contributed by atoms with E-state index in [2.05, 4.69) is 5.32 Å². The normalized spacial score (nSPS) is 10.1. The van der Waals surface area contributed by atoms with Crippen LogP contribution in [0.25, 0.3) is 0 Å². The maximum Gasteiger partial charge on any atom is 0.339 e. The van der Waals surface area contributed by atoms with Gasteiger partial charge in [-0.2, -0.15) is 11.3 Å². The number of thiophene rings is 1. The molecule has 0 atom stereocenters. The third kappa shape index (κ3) is 3.73. The molecule has 0 aliphatic rings. The van der Waals surface area contributed by atoms with E-state index >= 15 is 0 Å². The molecule has 0 fully saturated rings. The lowest BCUT2D eigenvalue weighted by Gasteiger charge is -2.17. The van der Waals surface area contributed by atoms with Gasteiger partial charge >= 0.3 is 12.0 Å². The van der Waals surface area contributed by atoms with Crippen molar-refractivity contribution in [1.82, 2.24) is 4.90 Å². The molecule has 1 aromatic heterocycles. The Bertz CT molecular complexity index is 655. The number of amides is 2. The number of urea groups is 1. The fraction of sp³-hybridized carbons (Fsp3) is 0.143. The molecule has 1 aromatic carbocycles. The largest absolute Gasteiger partial charge is 0.507 e. The Kier molecular flexibility index (Phi) is 4.44. The SMILES string of the molecule is CN(Cc1ccsc1)C(=O)Nc1ccc(C(=O)O)c(O)c1. The molecule has 1 heterocycles. The molecule has 0 aliphatic heterocycles. The number of aromatic carboxylic acids is 1. The number of nitrogens with one attached hydrogen (secondary N) is 1. The van der Waals surface area contributed by atoms with Crippen molar-refractivity contribution in [3.8, 4) is 5.75 Å². The van der Waals surface area contributed by atoms with Gasteiger partial charge in [0.1, 0.15) is 11.3 Å². The van der Waals surface area contributed by atoms with Crippen LogP contribution in [0, 0.1) is 0 Å². The molecular formula is C14H14N2O4S. The lowest BCUT2D eigenvalue weighted by atomic mass is 10.2. The molecule has 0 spiro atoms. The van der Waals surface area contributed by atoms with Crippen molar-refractivity contribution in [1.29, 1.82) is 0 Å². The van der Waals surface area contributed by atoms with Crippen LogP contribution in [0.3, 0.4) is 0 Å². The van der Waals surface area contributed by atoms with Gasteiger partial charge in [0.25, 0.3) is 0 Å². The summed E-state index contributed by atoms with van der Waals surface area (Å²) in [5.41, 5.74) is 1.15. The second-order valence-electron chi connectivity index (χ2n) is 4.45. The van der Waals surface area contributed by atoms with Gasteiger partial charge in [0.05, 0.1) is 0 Å². The molecule has 0 saturated carbocycles. The second-order valence-corrected chi connectivity index (χ2v) is 5.23. The zero-order chi connectivity index (χ0) is 15.4. The van der Waals surface area contributed by atoms with Crippen LogP contribution in [-0.4, -0.2) is 34.2 Å². The van der Waals surface area contributed by atoms with Crippen molar-refractivity contribution in [3.63, 3.8) is 0 Å². The van der Waals surface area contributed by atoms with E-state index in [9.17, 15) is 14.7 Å². The zero-order valence-electron chi connectivity index (χ0n) is 11.2. The number of hydrogen-bond donors (Lipinski definition) is 3. The van der Waals surface area contributed by atoms with Crippen molar-refractivity contribution in [2.24, 2.45) is 0 Å². The first kappa shape index (κ1) is 14.9. The fourth-order valence-electron chi connectivity index (χ4n) is 1.74. The molecule has 0 radical (unpaired) electrons. The quantitative estimate of drug-likeness (QED) is 0.810. The molecule has 0 unspecified atom stereocenters. The molecule has 2 rings (SSSR count). The Morgan fingerprint density at radius 3 is 2.67 bits per heavy atom. The van der Waals surface area contributed by atoms with Crippen molar-refractivity contribution < 1.29 is 19.8 Å². The average molecular weight is 306 g/mol. The minimum Gasteiger partial charge on any atom is -0.507 e. The van der Waals surface area contributed by atoms with Crippen LogP contribution in [-0.2, 0) is 6.54 Å². The number of aromatic hydroxyl groups is 1.